The van der Waals surface area contributed by atoms with Crippen molar-refractivity contribution in [1.29, 1.82) is 0 Å². The minimum absolute atomic E-state index is 0.358. The number of thiazole rings is 1. The number of hydrogen-bond acceptors (Lipinski definition) is 5. The number of hydrogen-bond donors (Lipinski definition) is 1. The van der Waals surface area contributed by atoms with E-state index in [0.29, 0.717) is 27.7 Å². The average Bonchev–Trinajstić information content (AvgIpc) is 2.78. The fourth-order valence-corrected chi connectivity index (χ4v) is 1.90. The number of nitrogens with one attached hydrogen (secondary N) is 1. The van der Waals surface area contributed by atoms with E-state index in [1.165, 1.54) is 6.33 Å². The fraction of sp³-hybridized carbons (Fsp3) is 0.222. The second-order valence-electron chi connectivity index (χ2n) is 3.07. The number of anilines is 1. The molecule has 2 aromatic rings. The first-order valence-electron chi connectivity index (χ1n) is 4.54. The van der Waals surface area contributed by atoms with E-state index in [9.17, 15) is 13.2 Å². The Kier molecular flexibility index (Phi) is 2.97. The maximum atomic E-state index is 12.4. The van der Waals surface area contributed by atoms with Gasteiger partial charge in [0.1, 0.15) is 12.1 Å². The van der Waals surface area contributed by atoms with Crippen molar-refractivity contribution in [2.45, 2.75) is 6.18 Å². The third-order valence-electron chi connectivity index (χ3n) is 1.92. The van der Waals surface area contributed by atoms with Gasteiger partial charge in [-0.1, -0.05) is 0 Å². The van der Waals surface area contributed by atoms with E-state index in [4.69, 9.17) is 0 Å². The second-order valence-corrected chi connectivity index (χ2v) is 4.10. The van der Waals surface area contributed by atoms with Gasteiger partial charge in [0, 0.05) is 19.3 Å². The van der Waals surface area contributed by atoms with Gasteiger partial charge in [-0.05, 0) is 0 Å². The SMILES string of the molecule is CNc1cc(-c2cnc(C(F)(F)F)s2)ncn1. The number of halogens is 3. The molecule has 0 aromatic carbocycles. The Labute approximate surface area is 98.6 Å². The fourth-order valence-electron chi connectivity index (χ4n) is 1.15. The van der Waals surface area contributed by atoms with Crippen LogP contribution in [0.2, 0.25) is 0 Å². The lowest BCUT2D eigenvalue weighted by Gasteiger charge is -2.00. The molecular formula is C9H7F3N4S. The summed E-state index contributed by atoms with van der Waals surface area (Å²) < 4.78 is 37.1. The van der Waals surface area contributed by atoms with Crippen LogP contribution in [0.15, 0.2) is 18.6 Å². The summed E-state index contributed by atoms with van der Waals surface area (Å²) in [5, 5.41) is 1.91. The second kappa shape index (κ2) is 4.28. The molecule has 0 radical (unpaired) electrons. The number of nitrogens with zero attached hydrogens (tertiary/aromatic N) is 3. The van der Waals surface area contributed by atoms with Crippen LogP contribution >= 0.6 is 11.3 Å². The van der Waals surface area contributed by atoms with Crippen LogP contribution in [0.1, 0.15) is 5.01 Å². The maximum absolute atomic E-state index is 12.4. The Balaban J connectivity index is 2.37. The zero-order valence-electron chi connectivity index (χ0n) is 8.62. The highest BCUT2D eigenvalue weighted by atomic mass is 32.1. The molecular weight excluding hydrogens is 253 g/mol. The molecule has 0 spiro atoms. The predicted molar refractivity (Wildman–Crippen MR) is 57.7 cm³/mol. The summed E-state index contributed by atoms with van der Waals surface area (Å²) >= 11 is 0.558. The lowest BCUT2D eigenvalue weighted by atomic mass is 10.3. The number of aromatic nitrogens is 3. The summed E-state index contributed by atoms with van der Waals surface area (Å²) in [5.41, 5.74) is 0.414. The smallest absolute Gasteiger partial charge is 0.373 e. The topological polar surface area (TPSA) is 50.7 Å². The van der Waals surface area contributed by atoms with Crippen LogP contribution in [-0.4, -0.2) is 22.0 Å². The van der Waals surface area contributed by atoms with Crippen LogP contribution in [0, 0.1) is 0 Å². The molecule has 1 N–H and O–H groups in total. The van der Waals surface area contributed by atoms with Crippen LogP contribution in [0.4, 0.5) is 19.0 Å². The first-order chi connectivity index (χ1) is 8.00. The Morgan fingerprint density at radius 2 is 2.00 bits per heavy atom. The third kappa shape index (κ3) is 2.52. The van der Waals surface area contributed by atoms with Crippen LogP contribution in [0.25, 0.3) is 10.6 Å². The molecule has 2 aromatic heterocycles. The van der Waals surface area contributed by atoms with Gasteiger partial charge in [-0.2, -0.15) is 13.2 Å². The highest BCUT2D eigenvalue weighted by Crippen LogP contribution is 2.35. The molecule has 2 rings (SSSR count). The van der Waals surface area contributed by atoms with Gasteiger partial charge < -0.3 is 5.32 Å². The molecule has 0 atom stereocenters. The van der Waals surface area contributed by atoms with Gasteiger partial charge in [-0.25, -0.2) is 15.0 Å². The van der Waals surface area contributed by atoms with Crippen molar-refractivity contribution in [1.82, 2.24) is 15.0 Å². The first kappa shape index (κ1) is 11.8. The molecule has 4 nitrogen and oxygen atoms in total. The van der Waals surface area contributed by atoms with Crippen LogP contribution in [0.5, 0.6) is 0 Å². The number of alkyl halides is 3. The van der Waals surface area contributed by atoms with E-state index < -0.39 is 11.2 Å². The molecule has 0 saturated heterocycles. The maximum Gasteiger partial charge on any atom is 0.443 e. The van der Waals surface area contributed by atoms with Crippen molar-refractivity contribution in [2.75, 3.05) is 12.4 Å². The van der Waals surface area contributed by atoms with E-state index >= 15 is 0 Å². The van der Waals surface area contributed by atoms with Gasteiger partial charge in [0.15, 0.2) is 5.01 Å². The quantitative estimate of drug-likeness (QED) is 0.901. The lowest BCUT2D eigenvalue weighted by Crippen LogP contribution is -2.02. The monoisotopic (exact) mass is 260 g/mol. The molecule has 0 fully saturated rings. The summed E-state index contributed by atoms with van der Waals surface area (Å²) in [6.07, 6.45) is -1.97. The van der Waals surface area contributed by atoms with Gasteiger partial charge in [0.25, 0.3) is 0 Å². The lowest BCUT2D eigenvalue weighted by molar-refractivity contribution is -0.137. The molecule has 0 aliphatic heterocycles. The highest BCUT2D eigenvalue weighted by Gasteiger charge is 2.34. The van der Waals surface area contributed by atoms with Crippen molar-refractivity contribution in [2.24, 2.45) is 0 Å². The summed E-state index contributed by atoms with van der Waals surface area (Å²) in [4.78, 5) is 11.5. The van der Waals surface area contributed by atoms with Gasteiger partial charge in [-0.15, -0.1) is 11.3 Å². The zero-order valence-corrected chi connectivity index (χ0v) is 9.43. The Hall–Kier alpha value is -1.70. The van der Waals surface area contributed by atoms with E-state index in [-0.39, 0.29) is 0 Å². The minimum atomic E-state index is -4.41. The molecule has 17 heavy (non-hydrogen) atoms. The molecule has 0 aliphatic carbocycles. The Bertz CT molecular complexity index is 523. The molecule has 0 unspecified atom stereocenters. The van der Waals surface area contributed by atoms with Crippen molar-refractivity contribution in [3.63, 3.8) is 0 Å². The summed E-state index contributed by atoms with van der Waals surface area (Å²) in [6, 6.07) is 1.56. The standard InChI is InChI=1S/C9H7F3N4S/c1-13-7-2-5(15-4-16-7)6-3-14-8(17-6)9(10,11)12/h2-4H,1H3,(H,13,15,16). The summed E-state index contributed by atoms with van der Waals surface area (Å²) in [6.45, 7) is 0. The molecule has 0 bridgehead atoms. The van der Waals surface area contributed by atoms with Crippen molar-refractivity contribution >= 4 is 17.2 Å². The van der Waals surface area contributed by atoms with E-state index in [2.05, 4.69) is 20.3 Å². The Morgan fingerprint density at radius 3 is 2.59 bits per heavy atom. The summed E-state index contributed by atoms with van der Waals surface area (Å²) in [5.74, 6) is 0.539. The van der Waals surface area contributed by atoms with Gasteiger partial charge in [0.05, 0.1) is 10.6 Å². The van der Waals surface area contributed by atoms with Gasteiger partial charge >= 0.3 is 6.18 Å². The molecule has 8 heteroatoms. The van der Waals surface area contributed by atoms with Crippen molar-refractivity contribution in [3.8, 4) is 10.6 Å². The van der Waals surface area contributed by atoms with E-state index in [1.54, 1.807) is 13.1 Å². The van der Waals surface area contributed by atoms with E-state index in [0.717, 1.165) is 6.20 Å². The van der Waals surface area contributed by atoms with Crippen molar-refractivity contribution in [3.05, 3.63) is 23.6 Å². The van der Waals surface area contributed by atoms with Crippen molar-refractivity contribution < 1.29 is 13.2 Å². The average molecular weight is 260 g/mol. The third-order valence-corrected chi connectivity index (χ3v) is 2.99. The minimum Gasteiger partial charge on any atom is -0.373 e. The molecule has 2 heterocycles. The molecule has 0 amide bonds. The van der Waals surface area contributed by atoms with Crippen LogP contribution < -0.4 is 5.32 Å². The molecule has 90 valence electrons. The Morgan fingerprint density at radius 1 is 1.24 bits per heavy atom. The largest absolute Gasteiger partial charge is 0.443 e. The number of rotatable bonds is 2. The zero-order chi connectivity index (χ0) is 12.5. The molecule has 0 saturated carbocycles. The van der Waals surface area contributed by atoms with Crippen LogP contribution in [-0.2, 0) is 6.18 Å². The predicted octanol–water partition coefficient (Wildman–Crippen LogP) is 2.66. The van der Waals surface area contributed by atoms with Gasteiger partial charge in [-0.3, -0.25) is 0 Å². The summed E-state index contributed by atoms with van der Waals surface area (Å²) in [7, 11) is 1.67. The molecule has 0 aliphatic rings. The van der Waals surface area contributed by atoms with Crippen LogP contribution in [0.3, 0.4) is 0 Å². The van der Waals surface area contributed by atoms with E-state index in [1.807, 2.05) is 0 Å². The highest BCUT2D eigenvalue weighted by molar-refractivity contribution is 7.15. The van der Waals surface area contributed by atoms with Gasteiger partial charge in [0.2, 0.25) is 0 Å². The first-order valence-corrected chi connectivity index (χ1v) is 5.35. The normalized spacial score (nSPS) is 11.5.